The van der Waals surface area contributed by atoms with Gasteiger partial charge in [-0.3, -0.25) is 9.89 Å². The summed E-state index contributed by atoms with van der Waals surface area (Å²) in [5.74, 6) is 0.432. The average Bonchev–Trinajstić information content (AvgIpc) is 3.02. The van der Waals surface area contributed by atoms with E-state index in [4.69, 9.17) is 4.74 Å². The zero-order valence-corrected chi connectivity index (χ0v) is 14.1. The Morgan fingerprint density at radius 2 is 1.91 bits per heavy atom. The highest BCUT2D eigenvalue weighted by Crippen LogP contribution is 2.20. The summed E-state index contributed by atoms with van der Waals surface area (Å²) in [6.45, 7) is 7.98. The molecule has 0 aliphatic rings. The number of nitrogens with zero attached hydrogens (tertiary/aromatic N) is 2. The van der Waals surface area contributed by atoms with Crippen molar-refractivity contribution in [3.63, 3.8) is 0 Å². The van der Waals surface area contributed by atoms with Crippen LogP contribution in [0.5, 0.6) is 5.75 Å². The van der Waals surface area contributed by atoms with Crippen molar-refractivity contribution in [3.05, 3.63) is 47.3 Å². The molecule has 1 aromatic carbocycles. The average molecular weight is 314 g/mol. The van der Waals surface area contributed by atoms with Gasteiger partial charge in [0.25, 0.3) is 5.91 Å². The van der Waals surface area contributed by atoms with E-state index in [1.807, 2.05) is 52.0 Å². The van der Waals surface area contributed by atoms with Crippen LogP contribution in [0.25, 0.3) is 0 Å². The number of H-pyrrole nitrogens is 1. The van der Waals surface area contributed by atoms with Gasteiger partial charge in [-0.1, -0.05) is 20.8 Å². The summed E-state index contributed by atoms with van der Waals surface area (Å²) < 4.78 is 5.11. The third kappa shape index (κ3) is 4.18. The maximum atomic E-state index is 12.1. The van der Waals surface area contributed by atoms with E-state index in [2.05, 4.69) is 20.7 Å². The van der Waals surface area contributed by atoms with E-state index in [1.54, 1.807) is 13.2 Å². The molecule has 122 valence electrons. The summed E-state index contributed by atoms with van der Waals surface area (Å²) in [6, 6.07) is 9.21. The first-order valence-corrected chi connectivity index (χ1v) is 7.36. The first kappa shape index (κ1) is 16.7. The lowest BCUT2D eigenvalue weighted by molar-refractivity contribution is 0.0950. The van der Waals surface area contributed by atoms with Gasteiger partial charge in [0.2, 0.25) is 0 Å². The Hall–Kier alpha value is -2.63. The smallest absolute Gasteiger partial charge is 0.291 e. The number of benzene rings is 1. The highest BCUT2D eigenvalue weighted by Gasteiger charge is 2.19. The Morgan fingerprint density at radius 3 is 2.43 bits per heavy atom. The van der Waals surface area contributed by atoms with Gasteiger partial charge in [0.15, 0.2) is 5.69 Å². The van der Waals surface area contributed by atoms with Crippen molar-refractivity contribution >= 4 is 11.6 Å². The first-order valence-electron chi connectivity index (χ1n) is 7.36. The SMILES string of the molecule is COc1ccc(/C(C)=N\NC(=O)c2cc(C(C)(C)C)[nH]n2)cc1. The van der Waals surface area contributed by atoms with Gasteiger partial charge >= 0.3 is 0 Å². The number of hydrazone groups is 1. The van der Waals surface area contributed by atoms with Crippen molar-refractivity contribution in [1.29, 1.82) is 0 Å². The van der Waals surface area contributed by atoms with Crippen LogP contribution < -0.4 is 10.2 Å². The number of methoxy groups -OCH3 is 1. The fourth-order valence-corrected chi connectivity index (χ4v) is 1.91. The number of amides is 1. The Balaban J connectivity index is 2.06. The third-order valence-corrected chi connectivity index (χ3v) is 3.45. The molecule has 23 heavy (non-hydrogen) atoms. The molecular weight excluding hydrogens is 292 g/mol. The topological polar surface area (TPSA) is 79.4 Å². The number of aromatic amines is 1. The number of aromatic nitrogens is 2. The van der Waals surface area contributed by atoms with Crippen LogP contribution in [0.4, 0.5) is 0 Å². The lowest BCUT2D eigenvalue weighted by atomic mass is 9.92. The largest absolute Gasteiger partial charge is 0.497 e. The van der Waals surface area contributed by atoms with Gasteiger partial charge in [-0.2, -0.15) is 10.2 Å². The van der Waals surface area contributed by atoms with E-state index in [0.29, 0.717) is 11.4 Å². The molecule has 2 aromatic rings. The van der Waals surface area contributed by atoms with E-state index in [0.717, 1.165) is 17.0 Å². The number of hydrogen-bond acceptors (Lipinski definition) is 4. The van der Waals surface area contributed by atoms with Crippen molar-refractivity contribution in [3.8, 4) is 5.75 Å². The van der Waals surface area contributed by atoms with E-state index >= 15 is 0 Å². The summed E-state index contributed by atoms with van der Waals surface area (Å²) in [6.07, 6.45) is 0. The molecule has 0 aliphatic heterocycles. The number of carbonyl (C=O) groups excluding carboxylic acids is 1. The molecule has 0 saturated heterocycles. The predicted molar refractivity (Wildman–Crippen MR) is 90.0 cm³/mol. The molecule has 2 N–H and O–H groups in total. The van der Waals surface area contributed by atoms with Crippen molar-refractivity contribution in [1.82, 2.24) is 15.6 Å². The highest BCUT2D eigenvalue weighted by molar-refractivity contribution is 6.00. The molecule has 2 rings (SSSR count). The molecule has 0 atom stereocenters. The van der Waals surface area contributed by atoms with Crippen molar-refractivity contribution in [2.24, 2.45) is 5.10 Å². The molecule has 0 aliphatic carbocycles. The molecule has 1 heterocycles. The van der Waals surface area contributed by atoms with Crippen LogP contribution in [0.1, 0.15) is 49.4 Å². The summed E-state index contributed by atoms with van der Waals surface area (Å²) in [7, 11) is 1.62. The molecule has 0 fully saturated rings. The van der Waals surface area contributed by atoms with E-state index in [1.165, 1.54) is 0 Å². The Kier molecular flexibility index (Phi) is 4.83. The highest BCUT2D eigenvalue weighted by atomic mass is 16.5. The quantitative estimate of drug-likeness (QED) is 0.672. The Morgan fingerprint density at radius 1 is 1.26 bits per heavy atom. The van der Waals surface area contributed by atoms with Crippen molar-refractivity contribution in [2.75, 3.05) is 7.11 Å². The summed E-state index contributed by atoms with van der Waals surface area (Å²) >= 11 is 0. The number of nitrogens with one attached hydrogen (secondary N) is 2. The van der Waals surface area contributed by atoms with Gasteiger partial charge < -0.3 is 4.74 Å². The number of hydrogen-bond donors (Lipinski definition) is 2. The minimum atomic E-state index is -0.343. The van der Waals surface area contributed by atoms with Crippen LogP contribution in [0.3, 0.4) is 0 Å². The van der Waals surface area contributed by atoms with Gasteiger partial charge in [0.1, 0.15) is 5.75 Å². The number of rotatable bonds is 4. The monoisotopic (exact) mass is 314 g/mol. The zero-order valence-electron chi connectivity index (χ0n) is 14.1. The third-order valence-electron chi connectivity index (χ3n) is 3.45. The van der Waals surface area contributed by atoms with Crippen LogP contribution in [0.2, 0.25) is 0 Å². The fraction of sp³-hybridized carbons (Fsp3) is 0.353. The molecule has 0 unspecified atom stereocenters. The van der Waals surface area contributed by atoms with E-state index in [9.17, 15) is 4.79 Å². The lowest BCUT2D eigenvalue weighted by Crippen LogP contribution is -2.19. The van der Waals surface area contributed by atoms with Crippen molar-refractivity contribution in [2.45, 2.75) is 33.1 Å². The summed E-state index contributed by atoms with van der Waals surface area (Å²) in [5.41, 5.74) is 5.27. The Bertz CT molecular complexity index is 709. The van der Waals surface area contributed by atoms with Crippen LogP contribution >= 0.6 is 0 Å². The van der Waals surface area contributed by atoms with E-state index in [-0.39, 0.29) is 11.3 Å². The molecule has 1 aromatic heterocycles. The standard InChI is InChI=1S/C17H22N4O2/c1-11(12-6-8-13(23-5)9-7-12)18-21-16(22)14-10-15(20-19-14)17(2,3)4/h6-10H,1-5H3,(H,19,20)(H,21,22)/b18-11-. The van der Waals surface area contributed by atoms with E-state index < -0.39 is 0 Å². The maximum Gasteiger partial charge on any atom is 0.291 e. The Labute approximate surface area is 135 Å². The summed E-state index contributed by atoms with van der Waals surface area (Å²) in [4.78, 5) is 12.1. The number of ether oxygens (including phenoxy) is 1. The molecule has 0 radical (unpaired) electrons. The van der Waals surface area contributed by atoms with Crippen LogP contribution in [0, 0.1) is 0 Å². The molecule has 0 spiro atoms. The van der Waals surface area contributed by atoms with Gasteiger partial charge in [-0.15, -0.1) is 0 Å². The normalized spacial score (nSPS) is 12.1. The second-order valence-electron chi connectivity index (χ2n) is 6.28. The van der Waals surface area contributed by atoms with Gasteiger partial charge in [-0.25, -0.2) is 5.43 Å². The van der Waals surface area contributed by atoms with Gasteiger partial charge in [0, 0.05) is 11.1 Å². The van der Waals surface area contributed by atoms with Crippen LogP contribution in [-0.4, -0.2) is 28.9 Å². The number of carbonyl (C=O) groups is 1. The molecular formula is C17H22N4O2. The van der Waals surface area contributed by atoms with Gasteiger partial charge in [-0.05, 0) is 42.8 Å². The second-order valence-corrected chi connectivity index (χ2v) is 6.28. The minimum absolute atomic E-state index is 0.0895. The molecule has 6 nitrogen and oxygen atoms in total. The lowest BCUT2D eigenvalue weighted by Gasteiger charge is -2.14. The second kappa shape index (κ2) is 6.64. The molecule has 0 saturated carbocycles. The molecule has 0 bridgehead atoms. The fourth-order valence-electron chi connectivity index (χ4n) is 1.91. The van der Waals surface area contributed by atoms with Crippen LogP contribution in [0.15, 0.2) is 35.4 Å². The van der Waals surface area contributed by atoms with Crippen molar-refractivity contribution < 1.29 is 9.53 Å². The summed E-state index contributed by atoms with van der Waals surface area (Å²) in [5, 5.41) is 11.0. The zero-order chi connectivity index (χ0) is 17.0. The maximum absolute atomic E-state index is 12.1. The first-order chi connectivity index (χ1) is 10.8. The molecule has 6 heteroatoms. The van der Waals surface area contributed by atoms with Gasteiger partial charge in [0.05, 0.1) is 12.8 Å². The predicted octanol–water partition coefficient (Wildman–Crippen LogP) is 2.87. The molecule has 1 amide bonds. The van der Waals surface area contributed by atoms with Crippen LogP contribution in [-0.2, 0) is 5.41 Å². The minimum Gasteiger partial charge on any atom is -0.497 e.